The summed E-state index contributed by atoms with van der Waals surface area (Å²) in [5, 5.41) is 7.32. The zero-order valence-electron chi connectivity index (χ0n) is 12.8. The molecule has 1 aliphatic rings. The van der Waals surface area contributed by atoms with Crippen LogP contribution in [0.3, 0.4) is 0 Å². The van der Waals surface area contributed by atoms with Crippen molar-refractivity contribution in [2.24, 2.45) is 0 Å². The minimum atomic E-state index is 0.0654. The molecule has 0 spiro atoms. The van der Waals surface area contributed by atoms with Gasteiger partial charge in [-0.25, -0.2) is 4.68 Å². The smallest absolute Gasteiger partial charge is 0.226 e. The Morgan fingerprint density at radius 1 is 1.33 bits per heavy atom. The lowest BCUT2D eigenvalue weighted by molar-refractivity contribution is -0.116. The van der Waals surface area contributed by atoms with Gasteiger partial charge in [-0.2, -0.15) is 5.10 Å². The number of fused-ring (bicyclic) bond motifs is 1. The predicted molar refractivity (Wildman–Crippen MR) is 83.5 cm³/mol. The Morgan fingerprint density at radius 2 is 2.05 bits per heavy atom. The van der Waals surface area contributed by atoms with Crippen LogP contribution in [-0.4, -0.2) is 15.7 Å². The number of aryl methyl sites for hydroxylation is 1. The summed E-state index contributed by atoms with van der Waals surface area (Å²) in [6, 6.07) is 8.62. The van der Waals surface area contributed by atoms with Crippen molar-refractivity contribution in [2.45, 2.75) is 45.6 Å². The molecule has 1 atom stereocenters. The van der Waals surface area contributed by atoms with E-state index in [1.165, 1.54) is 11.1 Å². The Kier molecular flexibility index (Phi) is 3.53. The van der Waals surface area contributed by atoms with Crippen molar-refractivity contribution >= 4 is 11.7 Å². The van der Waals surface area contributed by atoms with Crippen molar-refractivity contribution < 1.29 is 4.79 Å². The molecule has 1 unspecified atom stereocenters. The van der Waals surface area contributed by atoms with Gasteiger partial charge in [-0.3, -0.25) is 4.79 Å². The fraction of sp³-hybridized carbons (Fsp3) is 0.412. The number of rotatable bonds is 3. The van der Waals surface area contributed by atoms with Gasteiger partial charge in [0.2, 0.25) is 5.91 Å². The number of anilines is 1. The van der Waals surface area contributed by atoms with Gasteiger partial charge in [0, 0.05) is 24.4 Å². The molecule has 3 rings (SSSR count). The first kappa shape index (κ1) is 13.9. The number of nitrogens with zero attached hydrogens (tertiary/aromatic N) is 2. The van der Waals surface area contributed by atoms with E-state index in [9.17, 15) is 4.79 Å². The van der Waals surface area contributed by atoms with Crippen LogP contribution in [0.5, 0.6) is 0 Å². The van der Waals surface area contributed by atoms with Crippen molar-refractivity contribution in [2.75, 3.05) is 5.32 Å². The van der Waals surface area contributed by atoms with Gasteiger partial charge in [-0.15, -0.1) is 0 Å². The zero-order valence-corrected chi connectivity index (χ0v) is 12.8. The Morgan fingerprint density at radius 3 is 2.67 bits per heavy atom. The van der Waals surface area contributed by atoms with E-state index in [0.29, 0.717) is 12.3 Å². The number of carbonyl (C=O) groups is 1. The molecular formula is C17H21N3O. The topological polar surface area (TPSA) is 46.9 Å². The van der Waals surface area contributed by atoms with Gasteiger partial charge in [0.15, 0.2) is 0 Å². The lowest BCUT2D eigenvalue weighted by atomic mass is 9.86. The first-order valence-electron chi connectivity index (χ1n) is 7.55. The van der Waals surface area contributed by atoms with Crippen molar-refractivity contribution in [3.63, 3.8) is 0 Å². The third-order valence-corrected chi connectivity index (χ3v) is 4.20. The van der Waals surface area contributed by atoms with Gasteiger partial charge in [-0.1, -0.05) is 38.1 Å². The number of amides is 1. The number of carbonyl (C=O) groups excluding carboxylic acids is 1. The number of hydrogen-bond acceptors (Lipinski definition) is 2. The molecule has 4 nitrogen and oxygen atoms in total. The molecule has 0 aliphatic carbocycles. The van der Waals surface area contributed by atoms with Crippen LogP contribution in [0, 0.1) is 0 Å². The average molecular weight is 283 g/mol. The first-order valence-corrected chi connectivity index (χ1v) is 7.55. The van der Waals surface area contributed by atoms with Crippen LogP contribution in [-0.2, 0) is 11.3 Å². The lowest BCUT2D eigenvalue weighted by Crippen LogP contribution is -2.24. The van der Waals surface area contributed by atoms with Crippen LogP contribution < -0.4 is 5.32 Å². The highest BCUT2D eigenvalue weighted by atomic mass is 16.1. The van der Waals surface area contributed by atoms with E-state index < -0.39 is 0 Å². The summed E-state index contributed by atoms with van der Waals surface area (Å²) in [4.78, 5) is 12.0. The largest absolute Gasteiger partial charge is 0.311 e. The predicted octanol–water partition coefficient (Wildman–Crippen LogP) is 3.50. The van der Waals surface area contributed by atoms with E-state index in [1.54, 1.807) is 0 Å². The third kappa shape index (κ3) is 2.46. The fourth-order valence-electron chi connectivity index (χ4n) is 2.92. The van der Waals surface area contributed by atoms with Crippen molar-refractivity contribution in [1.29, 1.82) is 0 Å². The van der Waals surface area contributed by atoms with Gasteiger partial charge in [0.05, 0.1) is 6.20 Å². The van der Waals surface area contributed by atoms with Crippen LogP contribution in [0.25, 0.3) is 0 Å². The quantitative estimate of drug-likeness (QED) is 0.937. The number of benzene rings is 1. The van der Waals surface area contributed by atoms with Crippen LogP contribution >= 0.6 is 0 Å². The maximum absolute atomic E-state index is 12.0. The highest BCUT2D eigenvalue weighted by molar-refractivity contribution is 5.94. The monoisotopic (exact) mass is 283 g/mol. The van der Waals surface area contributed by atoms with Crippen molar-refractivity contribution in [3.8, 4) is 0 Å². The van der Waals surface area contributed by atoms with Gasteiger partial charge < -0.3 is 5.32 Å². The summed E-state index contributed by atoms with van der Waals surface area (Å²) in [5.41, 5.74) is 3.63. The van der Waals surface area contributed by atoms with E-state index in [2.05, 4.69) is 48.5 Å². The highest BCUT2D eigenvalue weighted by Crippen LogP contribution is 2.37. The van der Waals surface area contributed by atoms with Crippen LogP contribution in [0.2, 0.25) is 0 Å². The summed E-state index contributed by atoms with van der Waals surface area (Å²) in [6.45, 7) is 7.16. The second-order valence-electron chi connectivity index (χ2n) is 5.89. The van der Waals surface area contributed by atoms with Crippen molar-refractivity contribution in [1.82, 2.24) is 9.78 Å². The minimum absolute atomic E-state index is 0.0654. The molecule has 110 valence electrons. The molecule has 1 N–H and O–H groups in total. The van der Waals surface area contributed by atoms with E-state index in [4.69, 9.17) is 0 Å². The SMILES string of the molecule is CCn1ncc2c1NC(=O)CC2c1ccc(C(C)C)cc1. The maximum atomic E-state index is 12.0. The highest BCUT2D eigenvalue weighted by Gasteiger charge is 2.29. The molecule has 21 heavy (non-hydrogen) atoms. The van der Waals surface area contributed by atoms with Gasteiger partial charge >= 0.3 is 0 Å². The Bertz CT molecular complexity index is 655. The molecule has 4 heteroatoms. The number of aromatic nitrogens is 2. The molecule has 0 fully saturated rings. The van der Waals surface area contributed by atoms with E-state index in [-0.39, 0.29) is 11.8 Å². The fourth-order valence-corrected chi connectivity index (χ4v) is 2.92. The molecule has 0 saturated carbocycles. The molecular weight excluding hydrogens is 262 g/mol. The molecule has 1 amide bonds. The molecule has 2 heterocycles. The molecule has 1 aromatic carbocycles. The van der Waals surface area contributed by atoms with Crippen LogP contribution in [0.1, 0.15) is 55.7 Å². The summed E-state index contributed by atoms with van der Waals surface area (Å²) < 4.78 is 1.85. The van der Waals surface area contributed by atoms with Gasteiger partial charge in [0.25, 0.3) is 0 Å². The normalized spacial score (nSPS) is 17.7. The second kappa shape index (κ2) is 5.35. The first-order chi connectivity index (χ1) is 10.1. The minimum Gasteiger partial charge on any atom is -0.311 e. The van der Waals surface area contributed by atoms with Crippen LogP contribution in [0.4, 0.5) is 5.82 Å². The Labute approximate surface area is 125 Å². The van der Waals surface area contributed by atoms with E-state index >= 15 is 0 Å². The number of nitrogens with one attached hydrogen (secondary N) is 1. The molecule has 1 aliphatic heterocycles. The number of hydrogen-bond donors (Lipinski definition) is 1. The molecule has 0 saturated heterocycles. The molecule has 2 aromatic rings. The lowest BCUT2D eigenvalue weighted by Gasteiger charge is -2.24. The second-order valence-corrected chi connectivity index (χ2v) is 5.89. The van der Waals surface area contributed by atoms with E-state index in [0.717, 1.165) is 17.9 Å². The van der Waals surface area contributed by atoms with E-state index in [1.807, 2.05) is 17.8 Å². The molecule has 1 aromatic heterocycles. The summed E-state index contributed by atoms with van der Waals surface area (Å²) in [6.07, 6.45) is 2.38. The summed E-state index contributed by atoms with van der Waals surface area (Å²) >= 11 is 0. The zero-order chi connectivity index (χ0) is 15.0. The third-order valence-electron chi connectivity index (χ3n) is 4.20. The van der Waals surface area contributed by atoms with Gasteiger partial charge in [-0.05, 0) is 24.0 Å². The summed E-state index contributed by atoms with van der Waals surface area (Å²) in [7, 11) is 0. The average Bonchev–Trinajstić information content (AvgIpc) is 2.89. The standard InChI is InChI=1S/C17H21N3O/c1-4-20-17-15(10-18-20)14(9-16(21)19-17)13-7-5-12(6-8-13)11(2)3/h5-8,10-11,14H,4,9H2,1-3H3,(H,19,21). The Hall–Kier alpha value is -2.10. The van der Waals surface area contributed by atoms with Crippen molar-refractivity contribution in [3.05, 3.63) is 47.2 Å². The van der Waals surface area contributed by atoms with Crippen LogP contribution in [0.15, 0.2) is 30.5 Å². The maximum Gasteiger partial charge on any atom is 0.226 e. The molecule has 0 radical (unpaired) electrons. The van der Waals surface area contributed by atoms with Gasteiger partial charge in [0.1, 0.15) is 5.82 Å². The Balaban J connectivity index is 1.99. The molecule has 0 bridgehead atoms. The summed E-state index contributed by atoms with van der Waals surface area (Å²) in [5.74, 6) is 1.55.